The highest BCUT2D eigenvalue weighted by molar-refractivity contribution is 6.03. The zero-order valence-corrected chi connectivity index (χ0v) is 19.5. The molecule has 10 heteroatoms. The molecule has 0 radical (unpaired) electrons. The molecule has 0 saturated carbocycles. The Morgan fingerprint density at radius 3 is 2.56 bits per heavy atom. The van der Waals surface area contributed by atoms with E-state index in [-0.39, 0.29) is 24.0 Å². The van der Waals surface area contributed by atoms with Crippen molar-refractivity contribution in [1.29, 1.82) is 0 Å². The van der Waals surface area contributed by atoms with Gasteiger partial charge in [-0.3, -0.25) is 24.5 Å². The topological polar surface area (TPSA) is 106 Å². The number of aromatic nitrogens is 2. The van der Waals surface area contributed by atoms with Gasteiger partial charge in [0, 0.05) is 45.0 Å². The maximum atomic E-state index is 12.4. The number of aryl methyl sites for hydroxylation is 1. The van der Waals surface area contributed by atoms with Crippen molar-refractivity contribution in [3.8, 4) is 0 Å². The number of benzene rings is 1. The summed E-state index contributed by atoms with van der Waals surface area (Å²) in [6.45, 7) is 2.97. The highest BCUT2D eigenvalue weighted by Crippen LogP contribution is 2.35. The van der Waals surface area contributed by atoms with Crippen molar-refractivity contribution in [3.05, 3.63) is 23.9 Å². The van der Waals surface area contributed by atoms with Gasteiger partial charge in [0.15, 0.2) is 0 Å². The molecule has 3 fully saturated rings. The first-order valence-electron chi connectivity index (χ1n) is 12.2. The Balaban J connectivity index is 1.25. The summed E-state index contributed by atoms with van der Waals surface area (Å²) in [5.41, 5.74) is 2.74. The van der Waals surface area contributed by atoms with Gasteiger partial charge in [0.1, 0.15) is 6.10 Å². The zero-order valence-electron chi connectivity index (χ0n) is 19.5. The lowest BCUT2D eigenvalue weighted by atomic mass is 9.92. The number of hydrogen-bond acceptors (Lipinski definition) is 7. The van der Waals surface area contributed by atoms with E-state index in [0.717, 1.165) is 74.9 Å². The molecule has 1 unspecified atom stereocenters. The van der Waals surface area contributed by atoms with Gasteiger partial charge in [-0.2, -0.15) is 9.99 Å². The fraction of sp³-hybridized carbons (Fsp3) is 0.583. The average molecular weight is 470 g/mol. The molecule has 0 aliphatic carbocycles. The number of rotatable bonds is 4. The molecule has 4 heterocycles. The van der Waals surface area contributed by atoms with E-state index in [0.29, 0.717) is 18.5 Å². The van der Waals surface area contributed by atoms with E-state index in [4.69, 9.17) is 9.78 Å². The second-order valence-corrected chi connectivity index (χ2v) is 9.37. The molecule has 2 aromatic rings. The summed E-state index contributed by atoms with van der Waals surface area (Å²) >= 11 is 0. The Hall–Kier alpha value is -3.14. The molecule has 3 amide bonds. The number of piperidine rings is 3. The number of carbonyl (C=O) groups is 3. The van der Waals surface area contributed by atoms with Crippen LogP contribution in [0.25, 0.3) is 10.9 Å². The molecule has 0 spiro atoms. The van der Waals surface area contributed by atoms with Crippen LogP contribution in [0.2, 0.25) is 0 Å². The van der Waals surface area contributed by atoms with E-state index < -0.39 is 5.92 Å². The molecular weight excluding hydrogens is 438 g/mol. The fourth-order valence-corrected chi connectivity index (χ4v) is 5.24. The molecule has 1 aromatic carbocycles. The van der Waals surface area contributed by atoms with Crippen LogP contribution in [0.15, 0.2) is 18.2 Å². The lowest BCUT2D eigenvalue weighted by molar-refractivity contribution is -0.282. The Morgan fingerprint density at radius 1 is 1.06 bits per heavy atom. The first-order valence-corrected chi connectivity index (χ1v) is 12.2. The SMILES string of the molecule is Cn1nc(C2CCC(=O)NC2=O)c2cccc(N3CCC(OOC(=O)N4CCCCC4)CC3)c21. The zero-order chi connectivity index (χ0) is 23.7. The Morgan fingerprint density at radius 2 is 1.82 bits per heavy atom. The van der Waals surface area contributed by atoms with Crippen LogP contribution in [-0.2, 0) is 26.4 Å². The summed E-state index contributed by atoms with van der Waals surface area (Å²) in [5, 5.41) is 8.05. The lowest BCUT2D eigenvalue weighted by Gasteiger charge is -2.33. The van der Waals surface area contributed by atoms with Crippen LogP contribution in [0, 0.1) is 0 Å². The van der Waals surface area contributed by atoms with Gasteiger partial charge >= 0.3 is 6.09 Å². The molecule has 0 bridgehead atoms. The van der Waals surface area contributed by atoms with Gasteiger partial charge in [0.2, 0.25) is 11.8 Å². The summed E-state index contributed by atoms with van der Waals surface area (Å²) in [5.74, 6) is -0.932. The number of nitrogens with one attached hydrogen (secondary N) is 1. The minimum absolute atomic E-state index is 0.130. The average Bonchev–Trinajstić information content (AvgIpc) is 3.20. The number of para-hydroxylation sites is 1. The van der Waals surface area contributed by atoms with E-state index in [9.17, 15) is 14.4 Å². The number of hydrogen-bond donors (Lipinski definition) is 1. The van der Waals surface area contributed by atoms with Crippen molar-refractivity contribution in [1.82, 2.24) is 20.0 Å². The number of likely N-dealkylation sites (tertiary alicyclic amines) is 1. The second kappa shape index (κ2) is 9.61. The summed E-state index contributed by atoms with van der Waals surface area (Å²) in [4.78, 5) is 50.8. The molecule has 182 valence electrons. The summed E-state index contributed by atoms with van der Waals surface area (Å²) in [7, 11) is 1.89. The molecule has 1 N–H and O–H groups in total. The van der Waals surface area contributed by atoms with Crippen LogP contribution in [0.3, 0.4) is 0 Å². The van der Waals surface area contributed by atoms with E-state index in [2.05, 4.69) is 21.4 Å². The largest absolute Gasteiger partial charge is 0.441 e. The third-order valence-electron chi connectivity index (χ3n) is 7.09. The quantitative estimate of drug-likeness (QED) is 0.417. The summed E-state index contributed by atoms with van der Waals surface area (Å²) in [6, 6.07) is 6.04. The van der Waals surface area contributed by atoms with Gasteiger partial charge in [-0.25, -0.2) is 4.79 Å². The number of nitrogens with zero attached hydrogens (tertiary/aromatic N) is 4. The number of imide groups is 1. The van der Waals surface area contributed by atoms with Gasteiger partial charge in [-0.15, -0.1) is 0 Å². The Bertz CT molecular complexity index is 1080. The van der Waals surface area contributed by atoms with Crippen LogP contribution in [-0.4, -0.2) is 64.9 Å². The monoisotopic (exact) mass is 469 g/mol. The molecule has 3 aliphatic rings. The maximum absolute atomic E-state index is 12.4. The van der Waals surface area contributed by atoms with Crippen molar-refractivity contribution in [3.63, 3.8) is 0 Å². The predicted octanol–water partition coefficient (Wildman–Crippen LogP) is 2.62. The molecule has 3 aliphatic heterocycles. The van der Waals surface area contributed by atoms with Crippen LogP contribution in [0.4, 0.5) is 10.5 Å². The number of carbonyl (C=O) groups excluding carboxylic acids is 3. The maximum Gasteiger partial charge on any atom is 0.441 e. The highest BCUT2D eigenvalue weighted by Gasteiger charge is 2.33. The standard InChI is InChI=1S/C24H31N5O5/c1-27-22-17(21(26-27)18-8-9-20(30)25-23(18)31)6-5-7-19(22)28-14-10-16(11-15-28)33-34-24(32)29-12-3-2-4-13-29/h5-7,16,18H,2-4,8-15H2,1H3,(H,25,30,31). The minimum Gasteiger partial charge on any atom is -0.370 e. The Kier molecular flexibility index (Phi) is 6.40. The number of anilines is 1. The molecule has 1 aromatic heterocycles. The van der Waals surface area contributed by atoms with Gasteiger partial charge in [-0.05, 0) is 44.6 Å². The third kappa shape index (κ3) is 4.46. The first kappa shape index (κ1) is 22.6. The van der Waals surface area contributed by atoms with Crippen LogP contribution >= 0.6 is 0 Å². The normalized spacial score (nSPS) is 22.2. The van der Waals surface area contributed by atoms with Crippen molar-refractivity contribution in [2.45, 2.75) is 57.0 Å². The van der Waals surface area contributed by atoms with Gasteiger partial charge < -0.3 is 9.80 Å². The smallest absolute Gasteiger partial charge is 0.370 e. The minimum atomic E-state index is -0.426. The fourth-order valence-electron chi connectivity index (χ4n) is 5.24. The molecule has 1 atom stereocenters. The number of fused-ring (bicyclic) bond motifs is 1. The van der Waals surface area contributed by atoms with Crippen molar-refractivity contribution < 1.29 is 24.2 Å². The molecule has 10 nitrogen and oxygen atoms in total. The van der Waals surface area contributed by atoms with Gasteiger partial charge in [0.25, 0.3) is 0 Å². The van der Waals surface area contributed by atoms with E-state index in [1.54, 1.807) is 4.90 Å². The molecule has 5 rings (SSSR count). The van der Waals surface area contributed by atoms with Crippen molar-refractivity contribution in [2.24, 2.45) is 7.05 Å². The van der Waals surface area contributed by atoms with E-state index >= 15 is 0 Å². The van der Waals surface area contributed by atoms with Crippen LogP contribution in [0.5, 0.6) is 0 Å². The number of amides is 3. The lowest BCUT2D eigenvalue weighted by Crippen LogP contribution is -2.40. The summed E-state index contributed by atoms with van der Waals surface area (Å²) in [6.07, 6.45) is 4.93. The second-order valence-electron chi connectivity index (χ2n) is 9.37. The first-order chi connectivity index (χ1) is 16.5. The van der Waals surface area contributed by atoms with Crippen molar-refractivity contribution in [2.75, 3.05) is 31.1 Å². The van der Waals surface area contributed by atoms with E-state index in [1.165, 1.54) is 0 Å². The third-order valence-corrected chi connectivity index (χ3v) is 7.09. The van der Waals surface area contributed by atoms with Crippen molar-refractivity contribution >= 4 is 34.5 Å². The van der Waals surface area contributed by atoms with Crippen LogP contribution in [0.1, 0.15) is 56.6 Å². The molecule has 34 heavy (non-hydrogen) atoms. The Labute approximate surface area is 198 Å². The molecular formula is C24H31N5O5. The molecule has 3 saturated heterocycles. The van der Waals surface area contributed by atoms with Gasteiger partial charge in [-0.1, -0.05) is 12.1 Å². The predicted molar refractivity (Wildman–Crippen MR) is 124 cm³/mol. The highest BCUT2D eigenvalue weighted by atomic mass is 17.2. The van der Waals surface area contributed by atoms with E-state index in [1.807, 2.05) is 23.9 Å². The summed E-state index contributed by atoms with van der Waals surface area (Å²) < 4.78 is 1.83. The van der Waals surface area contributed by atoms with Gasteiger partial charge in [0.05, 0.1) is 22.8 Å². The van der Waals surface area contributed by atoms with Crippen LogP contribution < -0.4 is 10.2 Å².